The van der Waals surface area contributed by atoms with Crippen molar-refractivity contribution in [3.63, 3.8) is 0 Å². The van der Waals surface area contributed by atoms with Crippen molar-refractivity contribution < 1.29 is 27.5 Å². The van der Waals surface area contributed by atoms with Gasteiger partial charge in [0.05, 0.1) is 28.2 Å². The average molecular weight is 426 g/mol. The van der Waals surface area contributed by atoms with E-state index in [1.54, 1.807) is 13.8 Å². The minimum Gasteiger partial charge on any atom is -0.465 e. The van der Waals surface area contributed by atoms with Crippen LogP contribution in [0.3, 0.4) is 0 Å². The Morgan fingerprint density at radius 1 is 1.00 bits per heavy atom. The smallest absolute Gasteiger partial charge is 0.345 e. The fraction of sp³-hybridized carbons (Fsp3) is 0.263. The number of esters is 2. The molecule has 0 aliphatic carbocycles. The molecule has 0 unspecified atom stereocenters. The lowest BCUT2D eigenvalue weighted by Crippen LogP contribution is -2.30. The molecule has 0 radical (unpaired) electrons. The first-order valence-corrected chi connectivity index (χ1v) is 10.3. The lowest BCUT2D eigenvalue weighted by Gasteiger charge is -2.19. The van der Waals surface area contributed by atoms with E-state index in [1.165, 1.54) is 53.9 Å². The van der Waals surface area contributed by atoms with Crippen LogP contribution in [0.1, 0.15) is 34.6 Å². The summed E-state index contributed by atoms with van der Waals surface area (Å²) in [5.41, 5.74) is 0.222. The predicted octanol–water partition coefficient (Wildman–Crippen LogP) is 3.38. The van der Waals surface area contributed by atoms with Crippen LogP contribution in [0.25, 0.3) is 0 Å². The average Bonchev–Trinajstić information content (AvgIpc) is 2.68. The van der Waals surface area contributed by atoms with Crippen LogP contribution >= 0.6 is 11.6 Å². The van der Waals surface area contributed by atoms with Gasteiger partial charge in [0.1, 0.15) is 5.75 Å². The minimum absolute atomic E-state index is 0.0476. The number of nitrogens with zero attached hydrogens (tertiary/aromatic N) is 1. The molecule has 0 bridgehead atoms. The molecule has 0 saturated heterocycles. The van der Waals surface area contributed by atoms with E-state index < -0.39 is 22.0 Å². The van der Waals surface area contributed by atoms with Crippen molar-refractivity contribution in [2.75, 3.05) is 20.2 Å². The first-order chi connectivity index (χ1) is 13.2. The third kappa shape index (κ3) is 4.70. The fourth-order valence-corrected chi connectivity index (χ4v) is 4.15. The molecule has 150 valence electrons. The van der Waals surface area contributed by atoms with Gasteiger partial charge in [-0.2, -0.15) is 4.31 Å². The zero-order chi connectivity index (χ0) is 20.9. The van der Waals surface area contributed by atoms with Gasteiger partial charge < -0.3 is 9.47 Å². The molecule has 2 aromatic rings. The molecule has 0 fully saturated rings. The van der Waals surface area contributed by atoms with Gasteiger partial charge in [0, 0.05) is 13.1 Å². The lowest BCUT2D eigenvalue weighted by molar-refractivity contribution is 0.0600. The molecule has 0 aliphatic heterocycles. The van der Waals surface area contributed by atoms with E-state index >= 15 is 0 Å². The van der Waals surface area contributed by atoms with Gasteiger partial charge in [0.2, 0.25) is 10.0 Å². The summed E-state index contributed by atoms with van der Waals surface area (Å²) in [6, 6.07) is 9.62. The van der Waals surface area contributed by atoms with E-state index in [9.17, 15) is 18.0 Å². The third-order valence-electron chi connectivity index (χ3n) is 3.99. The van der Waals surface area contributed by atoms with Gasteiger partial charge >= 0.3 is 11.9 Å². The van der Waals surface area contributed by atoms with Crippen molar-refractivity contribution in [1.82, 2.24) is 4.31 Å². The van der Waals surface area contributed by atoms with Crippen LogP contribution in [0.5, 0.6) is 5.75 Å². The maximum absolute atomic E-state index is 12.7. The molecular formula is C19H20ClNO6S. The molecule has 0 aliphatic rings. The highest BCUT2D eigenvalue weighted by molar-refractivity contribution is 7.89. The Morgan fingerprint density at radius 3 is 2.14 bits per heavy atom. The monoisotopic (exact) mass is 425 g/mol. The molecule has 0 amide bonds. The van der Waals surface area contributed by atoms with Crippen LogP contribution in [0.15, 0.2) is 47.4 Å². The van der Waals surface area contributed by atoms with E-state index in [2.05, 4.69) is 4.74 Å². The van der Waals surface area contributed by atoms with E-state index in [-0.39, 0.29) is 21.2 Å². The molecule has 7 nitrogen and oxygen atoms in total. The zero-order valence-electron chi connectivity index (χ0n) is 15.6. The predicted molar refractivity (Wildman–Crippen MR) is 104 cm³/mol. The van der Waals surface area contributed by atoms with Gasteiger partial charge in [-0.1, -0.05) is 25.4 Å². The lowest BCUT2D eigenvalue weighted by atomic mass is 10.2. The molecule has 9 heteroatoms. The molecule has 28 heavy (non-hydrogen) atoms. The molecule has 0 aromatic heterocycles. The fourth-order valence-electron chi connectivity index (χ4n) is 2.47. The summed E-state index contributed by atoms with van der Waals surface area (Å²) < 4.78 is 36.4. The van der Waals surface area contributed by atoms with E-state index in [1.807, 2.05) is 0 Å². The Labute approximate surface area is 168 Å². The first-order valence-electron chi connectivity index (χ1n) is 8.44. The summed E-state index contributed by atoms with van der Waals surface area (Å²) in [6.07, 6.45) is 0. The molecule has 0 atom stereocenters. The van der Waals surface area contributed by atoms with Gasteiger partial charge in [-0.3, -0.25) is 0 Å². The number of hydrogen-bond acceptors (Lipinski definition) is 6. The van der Waals surface area contributed by atoms with E-state index in [4.69, 9.17) is 16.3 Å². The van der Waals surface area contributed by atoms with E-state index in [0.29, 0.717) is 18.7 Å². The van der Waals surface area contributed by atoms with Crippen molar-refractivity contribution in [3.05, 3.63) is 58.6 Å². The van der Waals surface area contributed by atoms with Gasteiger partial charge in [0.15, 0.2) is 0 Å². The summed E-state index contributed by atoms with van der Waals surface area (Å²) in [5, 5.41) is 0.0645. The highest BCUT2D eigenvalue weighted by atomic mass is 35.5. The number of ether oxygens (including phenoxy) is 2. The topological polar surface area (TPSA) is 90.0 Å². The van der Waals surface area contributed by atoms with Crippen LogP contribution < -0.4 is 4.74 Å². The second-order valence-corrected chi connectivity index (χ2v) is 7.98. The van der Waals surface area contributed by atoms with Crippen LogP contribution in [-0.4, -0.2) is 44.9 Å². The van der Waals surface area contributed by atoms with Gasteiger partial charge in [-0.25, -0.2) is 18.0 Å². The Morgan fingerprint density at radius 2 is 1.61 bits per heavy atom. The summed E-state index contributed by atoms with van der Waals surface area (Å²) in [5.74, 6) is -1.16. The molecule has 0 saturated carbocycles. The normalized spacial score (nSPS) is 11.3. The Bertz CT molecular complexity index is 968. The molecule has 0 spiro atoms. The van der Waals surface area contributed by atoms with Crippen molar-refractivity contribution in [3.8, 4) is 5.75 Å². The maximum atomic E-state index is 12.7. The number of halogens is 1. The molecule has 0 heterocycles. The number of carbonyl (C=O) groups is 2. The van der Waals surface area contributed by atoms with E-state index in [0.717, 1.165) is 0 Å². The van der Waals surface area contributed by atoms with Crippen molar-refractivity contribution in [2.24, 2.45) is 0 Å². The number of carbonyl (C=O) groups excluding carboxylic acids is 2. The Kier molecular flexibility index (Phi) is 7.17. The molecular weight excluding hydrogens is 406 g/mol. The quantitative estimate of drug-likeness (QED) is 0.499. The summed E-state index contributed by atoms with van der Waals surface area (Å²) in [6.45, 7) is 4.05. The number of sulfonamides is 1. The van der Waals surface area contributed by atoms with Crippen LogP contribution in [0.4, 0.5) is 0 Å². The largest absolute Gasteiger partial charge is 0.465 e. The Balaban J connectivity index is 2.30. The summed E-state index contributed by atoms with van der Waals surface area (Å²) >= 11 is 6.07. The van der Waals surface area contributed by atoms with Crippen molar-refractivity contribution in [1.29, 1.82) is 0 Å². The molecule has 0 N–H and O–H groups in total. The number of hydrogen-bond donors (Lipinski definition) is 0. The highest BCUT2D eigenvalue weighted by Gasteiger charge is 2.24. The Hall–Kier alpha value is -2.42. The van der Waals surface area contributed by atoms with Gasteiger partial charge in [-0.15, -0.1) is 0 Å². The van der Waals surface area contributed by atoms with Crippen LogP contribution in [0.2, 0.25) is 5.02 Å². The van der Waals surface area contributed by atoms with Gasteiger partial charge in [-0.05, 0) is 42.5 Å². The molecule has 2 rings (SSSR count). The minimum atomic E-state index is -3.75. The number of rotatable bonds is 7. The first kappa shape index (κ1) is 21.9. The second kappa shape index (κ2) is 9.18. The third-order valence-corrected chi connectivity index (χ3v) is 6.36. The zero-order valence-corrected chi connectivity index (χ0v) is 17.2. The number of benzene rings is 2. The number of methoxy groups -OCH3 is 1. The second-order valence-electron chi connectivity index (χ2n) is 5.64. The standard InChI is InChI=1S/C19H20ClNO6S/c1-4-21(5-2)28(24,25)15-10-11-17(20)16(12-15)19(23)27-14-8-6-13(7-9-14)18(22)26-3/h6-12H,4-5H2,1-3H3. The SMILES string of the molecule is CCN(CC)S(=O)(=O)c1ccc(Cl)c(C(=O)Oc2ccc(C(=O)OC)cc2)c1. The summed E-state index contributed by atoms with van der Waals surface area (Å²) in [7, 11) is -2.49. The van der Waals surface area contributed by atoms with Gasteiger partial charge in [0.25, 0.3) is 0 Å². The van der Waals surface area contributed by atoms with Crippen LogP contribution in [-0.2, 0) is 14.8 Å². The summed E-state index contributed by atoms with van der Waals surface area (Å²) in [4.78, 5) is 23.9. The maximum Gasteiger partial charge on any atom is 0.345 e. The highest BCUT2D eigenvalue weighted by Crippen LogP contribution is 2.25. The molecule has 2 aromatic carbocycles. The van der Waals surface area contributed by atoms with Crippen LogP contribution in [0, 0.1) is 0 Å². The van der Waals surface area contributed by atoms with Crippen molar-refractivity contribution in [2.45, 2.75) is 18.7 Å². The van der Waals surface area contributed by atoms with Crippen molar-refractivity contribution >= 4 is 33.6 Å².